The number of ketones is 1. The van der Waals surface area contributed by atoms with Crippen LogP contribution in [0.1, 0.15) is 5.69 Å². The fourth-order valence-electron chi connectivity index (χ4n) is 1.31. The van der Waals surface area contributed by atoms with Gasteiger partial charge in [0.15, 0.2) is 5.78 Å². The lowest BCUT2D eigenvalue weighted by Gasteiger charge is -2.04. The molecule has 0 radical (unpaired) electrons. The minimum Gasteiger partial charge on any atom is -0.297 e. The third-order valence-electron chi connectivity index (χ3n) is 2.04. The predicted octanol–water partition coefficient (Wildman–Crippen LogP) is -2.09. The molecule has 0 spiro atoms. The Kier molecular flexibility index (Phi) is 2.53. The average Bonchev–Trinajstić information content (AvgIpc) is 2.75. The molecule has 0 amide bonds. The molecule has 3 N–H and O–H groups in total. The average molecular weight is 196 g/mol. The standard InChI is InChI=1S/C7H12N6O/c1-13-4-5(9-12-13)2-7(14)6-3-8-11-10-6/h4,6,8,10-11H,2-3H2,1H3. The van der Waals surface area contributed by atoms with Crippen molar-refractivity contribution < 1.29 is 4.79 Å². The topological polar surface area (TPSA) is 83.9 Å². The predicted molar refractivity (Wildman–Crippen MR) is 47.8 cm³/mol. The number of Topliss-reactive ketones (excluding diaryl/α,β-unsaturated/α-hetero) is 1. The molecule has 0 bridgehead atoms. The molecule has 0 aromatic carbocycles. The summed E-state index contributed by atoms with van der Waals surface area (Å²) in [5, 5.41) is 7.61. The highest BCUT2D eigenvalue weighted by Crippen LogP contribution is 1.98. The fourth-order valence-corrected chi connectivity index (χ4v) is 1.31. The van der Waals surface area contributed by atoms with Crippen molar-refractivity contribution in [3.05, 3.63) is 11.9 Å². The number of nitrogens with one attached hydrogen (secondary N) is 3. The first-order chi connectivity index (χ1) is 6.75. The van der Waals surface area contributed by atoms with Gasteiger partial charge in [-0.25, -0.2) is 10.9 Å². The maximum Gasteiger partial charge on any atom is 0.158 e. The van der Waals surface area contributed by atoms with E-state index in [1.807, 2.05) is 0 Å². The van der Waals surface area contributed by atoms with E-state index in [-0.39, 0.29) is 11.8 Å². The summed E-state index contributed by atoms with van der Waals surface area (Å²) in [5.41, 5.74) is 9.02. The minimum atomic E-state index is -0.183. The zero-order valence-corrected chi connectivity index (χ0v) is 7.82. The number of carbonyl (C=O) groups excluding carboxylic acids is 1. The number of hydrazine groups is 2. The minimum absolute atomic E-state index is 0.100. The van der Waals surface area contributed by atoms with E-state index in [1.54, 1.807) is 17.9 Å². The van der Waals surface area contributed by atoms with Crippen LogP contribution in [0.2, 0.25) is 0 Å². The molecule has 1 aliphatic rings. The van der Waals surface area contributed by atoms with Gasteiger partial charge in [-0.15, -0.1) is 5.10 Å². The summed E-state index contributed by atoms with van der Waals surface area (Å²) in [6.45, 7) is 0.596. The van der Waals surface area contributed by atoms with Crippen LogP contribution in [0.15, 0.2) is 6.20 Å². The molecule has 1 atom stereocenters. The maximum absolute atomic E-state index is 11.6. The first-order valence-electron chi connectivity index (χ1n) is 4.37. The Balaban J connectivity index is 1.93. The van der Waals surface area contributed by atoms with Crippen molar-refractivity contribution in [3.8, 4) is 0 Å². The lowest BCUT2D eigenvalue weighted by molar-refractivity contribution is -0.119. The molecule has 0 aliphatic carbocycles. The van der Waals surface area contributed by atoms with Crippen LogP contribution < -0.4 is 16.4 Å². The van der Waals surface area contributed by atoms with Gasteiger partial charge in [0.2, 0.25) is 0 Å². The number of nitrogens with zero attached hydrogens (tertiary/aromatic N) is 3. The highest BCUT2D eigenvalue weighted by molar-refractivity contribution is 5.86. The number of hydrogen-bond acceptors (Lipinski definition) is 6. The van der Waals surface area contributed by atoms with Gasteiger partial charge in [-0.2, -0.15) is 5.53 Å². The second-order valence-electron chi connectivity index (χ2n) is 3.23. The quantitative estimate of drug-likeness (QED) is 0.514. The number of aryl methyl sites for hydroxylation is 1. The third kappa shape index (κ3) is 1.95. The molecular formula is C7H12N6O. The zero-order chi connectivity index (χ0) is 9.97. The number of aromatic nitrogens is 3. The highest BCUT2D eigenvalue weighted by atomic mass is 16.1. The lowest BCUT2D eigenvalue weighted by Crippen LogP contribution is -2.38. The molecule has 1 aromatic rings. The summed E-state index contributed by atoms with van der Waals surface area (Å²) >= 11 is 0. The van der Waals surface area contributed by atoms with E-state index < -0.39 is 0 Å². The first-order valence-corrected chi connectivity index (χ1v) is 4.37. The van der Waals surface area contributed by atoms with E-state index in [0.717, 1.165) is 0 Å². The number of hydrogen-bond donors (Lipinski definition) is 3. The molecule has 7 heteroatoms. The van der Waals surface area contributed by atoms with Gasteiger partial charge < -0.3 is 0 Å². The van der Waals surface area contributed by atoms with Crippen molar-refractivity contribution in [1.82, 2.24) is 31.4 Å². The van der Waals surface area contributed by atoms with Crippen molar-refractivity contribution in [2.75, 3.05) is 6.54 Å². The molecular weight excluding hydrogens is 184 g/mol. The number of rotatable bonds is 3. The third-order valence-corrected chi connectivity index (χ3v) is 2.04. The van der Waals surface area contributed by atoms with Crippen molar-refractivity contribution in [2.45, 2.75) is 12.5 Å². The van der Waals surface area contributed by atoms with Crippen molar-refractivity contribution in [1.29, 1.82) is 0 Å². The second kappa shape index (κ2) is 3.82. The Bertz CT molecular complexity index is 329. The molecule has 1 fully saturated rings. The molecule has 76 valence electrons. The molecule has 2 rings (SSSR count). The fraction of sp³-hybridized carbons (Fsp3) is 0.571. The van der Waals surface area contributed by atoms with E-state index in [9.17, 15) is 4.79 Å². The normalized spacial score (nSPS) is 21.4. The summed E-state index contributed by atoms with van der Waals surface area (Å²) in [6, 6.07) is -0.183. The van der Waals surface area contributed by atoms with Gasteiger partial charge in [-0.3, -0.25) is 9.48 Å². The summed E-state index contributed by atoms with van der Waals surface area (Å²) in [5.74, 6) is 0.100. The summed E-state index contributed by atoms with van der Waals surface area (Å²) < 4.78 is 1.58. The van der Waals surface area contributed by atoms with Crippen LogP contribution in [0.4, 0.5) is 0 Å². The lowest BCUT2D eigenvalue weighted by atomic mass is 10.1. The van der Waals surface area contributed by atoms with Gasteiger partial charge in [0.1, 0.15) is 0 Å². The Morgan fingerprint density at radius 1 is 1.79 bits per heavy atom. The van der Waals surface area contributed by atoms with Gasteiger partial charge in [-0.05, 0) is 0 Å². The Labute approximate surface area is 80.8 Å². The van der Waals surface area contributed by atoms with E-state index in [4.69, 9.17) is 0 Å². The first kappa shape index (κ1) is 9.25. The van der Waals surface area contributed by atoms with Crippen LogP contribution in [0.5, 0.6) is 0 Å². The van der Waals surface area contributed by atoms with Crippen LogP contribution in [-0.2, 0) is 18.3 Å². The van der Waals surface area contributed by atoms with Gasteiger partial charge in [0.25, 0.3) is 0 Å². The monoisotopic (exact) mass is 196 g/mol. The highest BCUT2D eigenvalue weighted by Gasteiger charge is 2.22. The van der Waals surface area contributed by atoms with Crippen LogP contribution in [0.25, 0.3) is 0 Å². The van der Waals surface area contributed by atoms with Crippen molar-refractivity contribution in [2.24, 2.45) is 7.05 Å². The number of carbonyl (C=O) groups is 1. The van der Waals surface area contributed by atoms with E-state index in [2.05, 4.69) is 26.7 Å². The van der Waals surface area contributed by atoms with Crippen molar-refractivity contribution in [3.63, 3.8) is 0 Å². The molecule has 1 unspecified atom stereocenters. The summed E-state index contributed by atoms with van der Waals surface area (Å²) in [6.07, 6.45) is 2.06. The molecule has 0 saturated carbocycles. The summed E-state index contributed by atoms with van der Waals surface area (Å²) in [7, 11) is 1.78. The molecule has 14 heavy (non-hydrogen) atoms. The van der Waals surface area contributed by atoms with E-state index >= 15 is 0 Å². The SMILES string of the molecule is Cn1cc(CC(=O)C2CNNN2)nn1. The Hall–Kier alpha value is -1.31. The zero-order valence-electron chi connectivity index (χ0n) is 7.82. The van der Waals surface area contributed by atoms with Gasteiger partial charge in [-0.1, -0.05) is 5.21 Å². The van der Waals surface area contributed by atoms with Gasteiger partial charge >= 0.3 is 0 Å². The smallest absolute Gasteiger partial charge is 0.158 e. The van der Waals surface area contributed by atoms with Crippen LogP contribution in [0, 0.1) is 0 Å². The van der Waals surface area contributed by atoms with Crippen LogP contribution in [-0.4, -0.2) is 33.4 Å². The van der Waals surface area contributed by atoms with Crippen LogP contribution >= 0.6 is 0 Å². The van der Waals surface area contributed by atoms with Gasteiger partial charge in [0.05, 0.1) is 18.2 Å². The van der Waals surface area contributed by atoms with Crippen molar-refractivity contribution >= 4 is 5.78 Å². The molecule has 1 aromatic heterocycles. The van der Waals surface area contributed by atoms with Gasteiger partial charge in [0, 0.05) is 19.8 Å². The van der Waals surface area contributed by atoms with E-state index in [1.165, 1.54) is 0 Å². The molecule has 1 aliphatic heterocycles. The largest absolute Gasteiger partial charge is 0.297 e. The maximum atomic E-state index is 11.6. The molecule has 1 saturated heterocycles. The Morgan fingerprint density at radius 2 is 2.64 bits per heavy atom. The second-order valence-corrected chi connectivity index (χ2v) is 3.23. The molecule has 2 heterocycles. The van der Waals surface area contributed by atoms with E-state index in [0.29, 0.717) is 18.7 Å². The summed E-state index contributed by atoms with van der Waals surface area (Å²) in [4.78, 5) is 11.6. The van der Waals surface area contributed by atoms with Crippen LogP contribution in [0.3, 0.4) is 0 Å². The Morgan fingerprint density at radius 3 is 3.21 bits per heavy atom. The molecule has 7 nitrogen and oxygen atoms in total.